The minimum Gasteiger partial charge on any atom is -0.375 e. The zero-order valence-electron chi connectivity index (χ0n) is 11.8. The van der Waals surface area contributed by atoms with E-state index in [4.69, 9.17) is 9.72 Å². The predicted molar refractivity (Wildman–Crippen MR) is 82.7 cm³/mol. The van der Waals surface area contributed by atoms with Crippen LogP contribution in [0.25, 0.3) is 11.3 Å². The van der Waals surface area contributed by atoms with Gasteiger partial charge in [-0.05, 0) is 19.8 Å². The predicted octanol–water partition coefficient (Wildman–Crippen LogP) is 3.60. The third kappa shape index (κ3) is 3.45. The summed E-state index contributed by atoms with van der Waals surface area (Å²) in [5.41, 5.74) is 2.30. The van der Waals surface area contributed by atoms with Gasteiger partial charge in [-0.25, -0.2) is 4.98 Å². The highest BCUT2D eigenvalue weighted by molar-refractivity contribution is 7.12. The lowest BCUT2D eigenvalue weighted by Gasteiger charge is -2.03. The summed E-state index contributed by atoms with van der Waals surface area (Å²) in [5, 5.41) is 4.65. The van der Waals surface area contributed by atoms with Crippen LogP contribution in [0.5, 0.6) is 0 Å². The molecule has 4 heteroatoms. The quantitative estimate of drug-likeness (QED) is 0.845. The second kappa shape index (κ2) is 6.48. The minimum atomic E-state index is 0.616. The lowest BCUT2D eigenvalue weighted by Crippen LogP contribution is -2.14. The molecule has 1 aromatic carbocycles. The molecule has 1 N–H and O–H groups in total. The molecule has 3 rings (SSSR count). The molecule has 0 unspecified atom stereocenters. The molecule has 0 spiro atoms. The Bertz CT molecular complexity index is 549. The monoisotopic (exact) mass is 288 g/mol. The summed E-state index contributed by atoms with van der Waals surface area (Å²) in [4.78, 5) is 6.09. The summed E-state index contributed by atoms with van der Waals surface area (Å²) >= 11 is 1.77. The van der Waals surface area contributed by atoms with Crippen LogP contribution in [-0.2, 0) is 17.9 Å². The van der Waals surface area contributed by atoms with Gasteiger partial charge in [0.25, 0.3) is 0 Å². The summed E-state index contributed by atoms with van der Waals surface area (Å²) in [6.45, 7) is 4.28. The van der Waals surface area contributed by atoms with Crippen LogP contribution in [0.4, 0.5) is 0 Å². The number of aromatic nitrogens is 1. The van der Waals surface area contributed by atoms with Gasteiger partial charge in [0.2, 0.25) is 0 Å². The van der Waals surface area contributed by atoms with E-state index in [1.807, 2.05) is 13.0 Å². The van der Waals surface area contributed by atoms with E-state index in [0.717, 1.165) is 29.9 Å². The molecule has 20 heavy (non-hydrogen) atoms. The highest BCUT2D eigenvalue weighted by Crippen LogP contribution is 2.29. The lowest BCUT2D eigenvalue weighted by molar-refractivity contribution is 0.134. The smallest absolute Gasteiger partial charge is 0.119 e. The Hall–Kier alpha value is -1.23. The molecule has 0 amide bonds. The number of hydrogen-bond acceptors (Lipinski definition) is 4. The number of benzene rings is 1. The molecule has 0 bridgehead atoms. The zero-order chi connectivity index (χ0) is 13.8. The molecule has 106 valence electrons. The normalized spacial score (nSPS) is 14.7. The third-order valence-corrected chi connectivity index (χ3v) is 4.38. The highest BCUT2D eigenvalue weighted by Gasteiger charge is 2.22. The molecular weight excluding hydrogens is 268 g/mol. The number of nitrogens with one attached hydrogen (secondary N) is 1. The van der Waals surface area contributed by atoms with Gasteiger partial charge in [-0.3, -0.25) is 0 Å². The van der Waals surface area contributed by atoms with Gasteiger partial charge in [-0.2, -0.15) is 0 Å². The number of rotatable bonds is 7. The van der Waals surface area contributed by atoms with Gasteiger partial charge in [0.05, 0.1) is 12.3 Å². The van der Waals surface area contributed by atoms with Crippen molar-refractivity contribution in [2.75, 3.05) is 6.61 Å². The van der Waals surface area contributed by atoms with Crippen LogP contribution in [0.15, 0.2) is 30.3 Å². The molecule has 0 aliphatic heterocycles. The van der Waals surface area contributed by atoms with E-state index in [0.29, 0.717) is 6.61 Å². The summed E-state index contributed by atoms with van der Waals surface area (Å²) < 4.78 is 5.49. The fourth-order valence-electron chi connectivity index (χ4n) is 2.12. The highest BCUT2D eigenvalue weighted by atomic mass is 32.1. The second-order valence-electron chi connectivity index (χ2n) is 5.04. The van der Waals surface area contributed by atoms with Crippen molar-refractivity contribution in [3.8, 4) is 11.3 Å². The van der Waals surface area contributed by atoms with Gasteiger partial charge >= 0.3 is 0 Å². The number of ether oxygens (including phenoxy) is 1. The van der Waals surface area contributed by atoms with Gasteiger partial charge in [-0.1, -0.05) is 30.3 Å². The molecule has 1 aliphatic rings. The van der Waals surface area contributed by atoms with Crippen LogP contribution in [-0.4, -0.2) is 17.6 Å². The van der Waals surface area contributed by atoms with Crippen molar-refractivity contribution in [1.29, 1.82) is 0 Å². The Kier molecular flexibility index (Phi) is 4.45. The van der Waals surface area contributed by atoms with E-state index in [2.05, 4.69) is 29.6 Å². The van der Waals surface area contributed by atoms with Crippen LogP contribution in [0.1, 0.15) is 29.7 Å². The molecule has 1 heterocycles. The first-order chi connectivity index (χ1) is 9.86. The van der Waals surface area contributed by atoms with Crippen molar-refractivity contribution in [1.82, 2.24) is 10.3 Å². The second-order valence-corrected chi connectivity index (χ2v) is 6.21. The van der Waals surface area contributed by atoms with Gasteiger partial charge in [-0.15, -0.1) is 11.3 Å². The van der Waals surface area contributed by atoms with Crippen LogP contribution >= 0.6 is 11.3 Å². The SMILES string of the molecule is CCOCc1nc(-c2ccccc2)c(CNC2CC2)s1. The van der Waals surface area contributed by atoms with Crippen molar-refractivity contribution < 1.29 is 4.74 Å². The first-order valence-electron chi connectivity index (χ1n) is 7.22. The average molecular weight is 288 g/mol. The van der Waals surface area contributed by atoms with Crippen molar-refractivity contribution in [3.05, 3.63) is 40.2 Å². The molecule has 2 aromatic rings. The van der Waals surface area contributed by atoms with Gasteiger partial charge in [0, 0.05) is 29.6 Å². The Morgan fingerprint density at radius 3 is 2.80 bits per heavy atom. The van der Waals surface area contributed by atoms with Crippen molar-refractivity contribution in [3.63, 3.8) is 0 Å². The molecule has 1 fully saturated rings. The van der Waals surface area contributed by atoms with Crippen LogP contribution in [0.2, 0.25) is 0 Å². The maximum atomic E-state index is 5.49. The van der Waals surface area contributed by atoms with Gasteiger partial charge in [0.15, 0.2) is 0 Å². The molecule has 0 radical (unpaired) electrons. The third-order valence-electron chi connectivity index (χ3n) is 3.35. The fourth-order valence-corrected chi connectivity index (χ4v) is 3.10. The van der Waals surface area contributed by atoms with E-state index in [1.165, 1.54) is 23.3 Å². The summed E-state index contributed by atoms with van der Waals surface area (Å²) in [5.74, 6) is 0. The van der Waals surface area contributed by atoms with Crippen LogP contribution in [0.3, 0.4) is 0 Å². The van der Waals surface area contributed by atoms with E-state index in [1.54, 1.807) is 11.3 Å². The number of thiazole rings is 1. The fraction of sp³-hybridized carbons (Fsp3) is 0.438. The standard InChI is InChI=1S/C16H20N2OS/c1-2-19-11-15-18-16(12-6-4-3-5-7-12)14(20-15)10-17-13-8-9-13/h3-7,13,17H,2,8-11H2,1H3. The molecule has 1 saturated carbocycles. The summed E-state index contributed by atoms with van der Waals surface area (Å²) in [6.07, 6.45) is 2.62. The Labute approximate surface area is 124 Å². The molecule has 1 aliphatic carbocycles. The molecule has 1 aromatic heterocycles. The average Bonchev–Trinajstić information content (AvgIpc) is 3.23. The molecule has 3 nitrogen and oxygen atoms in total. The molecular formula is C16H20N2OS. The van der Waals surface area contributed by atoms with E-state index in [-0.39, 0.29) is 0 Å². The maximum absolute atomic E-state index is 5.49. The lowest BCUT2D eigenvalue weighted by atomic mass is 10.1. The first kappa shape index (κ1) is 13.7. The zero-order valence-corrected chi connectivity index (χ0v) is 12.6. The minimum absolute atomic E-state index is 0.616. The number of nitrogens with zero attached hydrogens (tertiary/aromatic N) is 1. The molecule has 0 saturated heterocycles. The van der Waals surface area contributed by atoms with Gasteiger partial charge < -0.3 is 10.1 Å². The summed E-state index contributed by atoms with van der Waals surface area (Å²) in [7, 11) is 0. The van der Waals surface area contributed by atoms with Crippen molar-refractivity contribution in [2.45, 2.75) is 39.0 Å². The first-order valence-corrected chi connectivity index (χ1v) is 8.03. The van der Waals surface area contributed by atoms with Crippen LogP contribution in [0, 0.1) is 0 Å². The Morgan fingerprint density at radius 2 is 2.10 bits per heavy atom. The maximum Gasteiger partial charge on any atom is 0.119 e. The molecule has 0 atom stereocenters. The van der Waals surface area contributed by atoms with Gasteiger partial charge in [0.1, 0.15) is 5.01 Å². The topological polar surface area (TPSA) is 34.1 Å². The van der Waals surface area contributed by atoms with Crippen molar-refractivity contribution >= 4 is 11.3 Å². The Morgan fingerprint density at radius 1 is 1.30 bits per heavy atom. The summed E-state index contributed by atoms with van der Waals surface area (Å²) in [6, 6.07) is 11.1. The Balaban J connectivity index is 1.82. The number of hydrogen-bond donors (Lipinski definition) is 1. The van der Waals surface area contributed by atoms with Crippen LogP contribution < -0.4 is 5.32 Å². The van der Waals surface area contributed by atoms with E-state index >= 15 is 0 Å². The largest absolute Gasteiger partial charge is 0.375 e. The van der Waals surface area contributed by atoms with E-state index in [9.17, 15) is 0 Å². The van der Waals surface area contributed by atoms with Crippen molar-refractivity contribution in [2.24, 2.45) is 0 Å². The van der Waals surface area contributed by atoms with E-state index < -0.39 is 0 Å².